The fourth-order valence-corrected chi connectivity index (χ4v) is 4.86. The van der Waals surface area contributed by atoms with Gasteiger partial charge in [0, 0.05) is 3.57 Å². The molecule has 0 amide bonds. The number of thiazole rings is 1. The van der Waals surface area contributed by atoms with Gasteiger partial charge in [0.15, 0.2) is 4.80 Å². The molecule has 0 radical (unpaired) electrons. The first-order valence-corrected chi connectivity index (χ1v) is 11.4. The summed E-state index contributed by atoms with van der Waals surface area (Å²) in [6.07, 6.45) is 1.87. The summed E-state index contributed by atoms with van der Waals surface area (Å²) < 4.78 is 8.61. The SMILES string of the molecule is CCOC(=O)C1=C(C)N=c2s/c(=C\c3ccc(I)cc3)c(=O)n2C1c1ccccc1. The maximum atomic E-state index is 13.4. The van der Waals surface area contributed by atoms with Gasteiger partial charge in [0.25, 0.3) is 5.56 Å². The predicted octanol–water partition coefficient (Wildman–Crippen LogP) is 3.40. The zero-order valence-electron chi connectivity index (χ0n) is 16.5. The molecule has 0 N–H and O–H groups in total. The Morgan fingerprint density at radius 1 is 1.20 bits per heavy atom. The highest BCUT2D eigenvalue weighted by Crippen LogP contribution is 2.30. The molecular formula is C23H19IN2O3S. The van der Waals surface area contributed by atoms with Gasteiger partial charge in [-0.1, -0.05) is 53.8 Å². The van der Waals surface area contributed by atoms with Crippen molar-refractivity contribution >= 4 is 46.0 Å². The molecule has 1 aromatic heterocycles. The average Bonchev–Trinajstić information content (AvgIpc) is 3.04. The van der Waals surface area contributed by atoms with E-state index in [1.807, 2.05) is 60.7 Å². The number of carbonyl (C=O) groups is 1. The molecular weight excluding hydrogens is 511 g/mol. The number of hydrogen-bond donors (Lipinski definition) is 0. The van der Waals surface area contributed by atoms with Crippen LogP contribution in [0.3, 0.4) is 0 Å². The number of aromatic nitrogens is 1. The fourth-order valence-electron chi connectivity index (χ4n) is 3.45. The van der Waals surface area contributed by atoms with E-state index in [-0.39, 0.29) is 12.2 Å². The quantitative estimate of drug-likeness (QED) is 0.384. The van der Waals surface area contributed by atoms with Crippen molar-refractivity contribution in [3.63, 3.8) is 0 Å². The minimum absolute atomic E-state index is 0.166. The number of allylic oxidation sites excluding steroid dienone is 1. The van der Waals surface area contributed by atoms with Crippen molar-refractivity contribution in [2.24, 2.45) is 4.99 Å². The molecule has 3 aromatic rings. The number of fused-ring (bicyclic) bond motifs is 1. The Morgan fingerprint density at radius 2 is 1.90 bits per heavy atom. The van der Waals surface area contributed by atoms with Crippen molar-refractivity contribution in [1.82, 2.24) is 4.57 Å². The second-order valence-corrected chi connectivity index (χ2v) is 9.02. The largest absolute Gasteiger partial charge is 0.463 e. The van der Waals surface area contributed by atoms with Gasteiger partial charge in [-0.3, -0.25) is 9.36 Å². The van der Waals surface area contributed by atoms with Crippen LogP contribution in [-0.2, 0) is 9.53 Å². The van der Waals surface area contributed by atoms with E-state index in [9.17, 15) is 9.59 Å². The van der Waals surface area contributed by atoms with Crippen LogP contribution in [0.15, 0.2) is 75.7 Å². The molecule has 30 heavy (non-hydrogen) atoms. The van der Waals surface area contributed by atoms with Gasteiger partial charge < -0.3 is 4.74 Å². The smallest absolute Gasteiger partial charge is 0.338 e. The monoisotopic (exact) mass is 530 g/mol. The zero-order chi connectivity index (χ0) is 21.3. The molecule has 0 saturated carbocycles. The third kappa shape index (κ3) is 3.91. The molecule has 0 spiro atoms. The molecule has 2 heterocycles. The van der Waals surface area contributed by atoms with Gasteiger partial charge in [-0.2, -0.15) is 0 Å². The number of benzene rings is 2. The third-order valence-corrected chi connectivity index (χ3v) is 6.50. The van der Waals surface area contributed by atoms with Crippen molar-refractivity contribution in [3.8, 4) is 0 Å². The molecule has 1 aliphatic rings. The van der Waals surface area contributed by atoms with E-state index in [0.717, 1.165) is 14.7 Å². The van der Waals surface area contributed by atoms with Gasteiger partial charge in [-0.05, 0) is 65.8 Å². The van der Waals surface area contributed by atoms with Crippen LogP contribution < -0.4 is 14.9 Å². The van der Waals surface area contributed by atoms with Crippen LogP contribution in [0.4, 0.5) is 0 Å². The summed E-state index contributed by atoms with van der Waals surface area (Å²) in [4.78, 5) is 31.4. The number of rotatable bonds is 4. The summed E-state index contributed by atoms with van der Waals surface area (Å²) in [6, 6.07) is 16.9. The lowest BCUT2D eigenvalue weighted by molar-refractivity contribution is -0.139. The molecule has 152 valence electrons. The predicted molar refractivity (Wildman–Crippen MR) is 126 cm³/mol. The number of ether oxygens (including phenoxy) is 1. The highest BCUT2D eigenvalue weighted by molar-refractivity contribution is 14.1. The molecule has 2 aromatic carbocycles. The summed E-state index contributed by atoms with van der Waals surface area (Å²) in [5.41, 5.74) is 2.59. The minimum atomic E-state index is -0.569. The Kier molecular flexibility index (Phi) is 6.01. The maximum absolute atomic E-state index is 13.4. The normalized spacial score (nSPS) is 16.2. The maximum Gasteiger partial charge on any atom is 0.338 e. The van der Waals surface area contributed by atoms with Crippen LogP contribution >= 0.6 is 33.9 Å². The topological polar surface area (TPSA) is 60.7 Å². The van der Waals surface area contributed by atoms with Crippen LogP contribution in [0.1, 0.15) is 31.0 Å². The van der Waals surface area contributed by atoms with Crippen molar-refractivity contribution in [2.45, 2.75) is 19.9 Å². The molecule has 0 fully saturated rings. The number of hydrogen-bond acceptors (Lipinski definition) is 5. The van der Waals surface area contributed by atoms with E-state index in [1.165, 1.54) is 11.3 Å². The second-order valence-electron chi connectivity index (χ2n) is 6.76. The molecule has 1 unspecified atom stereocenters. The first-order chi connectivity index (χ1) is 14.5. The van der Waals surface area contributed by atoms with Crippen LogP contribution in [0.5, 0.6) is 0 Å². The summed E-state index contributed by atoms with van der Waals surface area (Å²) in [7, 11) is 0. The van der Waals surface area contributed by atoms with E-state index in [2.05, 4.69) is 27.6 Å². The third-order valence-electron chi connectivity index (χ3n) is 4.80. The molecule has 0 bridgehead atoms. The highest BCUT2D eigenvalue weighted by Gasteiger charge is 2.33. The molecule has 0 saturated heterocycles. The van der Waals surface area contributed by atoms with Crippen LogP contribution in [0.25, 0.3) is 6.08 Å². The van der Waals surface area contributed by atoms with Gasteiger partial charge in [-0.15, -0.1) is 0 Å². The van der Waals surface area contributed by atoms with E-state index in [1.54, 1.807) is 18.4 Å². The van der Waals surface area contributed by atoms with E-state index < -0.39 is 12.0 Å². The molecule has 1 atom stereocenters. The van der Waals surface area contributed by atoms with Crippen molar-refractivity contribution < 1.29 is 9.53 Å². The Morgan fingerprint density at radius 3 is 2.57 bits per heavy atom. The first kappa shape index (κ1) is 20.7. The number of halogens is 1. The van der Waals surface area contributed by atoms with Gasteiger partial charge in [0.05, 0.1) is 28.5 Å². The second kappa shape index (κ2) is 8.69. The Balaban J connectivity index is 1.94. The Bertz CT molecular complexity index is 1310. The average molecular weight is 530 g/mol. The molecule has 7 heteroatoms. The van der Waals surface area contributed by atoms with E-state index in [4.69, 9.17) is 4.74 Å². The van der Waals surface area contributed by atoms with Gasteiger partial charge in [-0.25, -0.2) is 9.79 Å². The Labute approximate surface area is 191 Å². The lowest BCUT2D eigenvalue weighted by Crippen LogP contribution is -2.39. The Hall–Kier alpha value is -2.52. The zero-order valence-corrected chi connectivity index (χ0v) is 19.4. The lowest BCUT2D eigenvalue weighted by Gasteiger charge is -2.24. The fraction of sp³-hybridized carbons (Fsp3) is 0.174. The van der Waals surface area contributed by atoms with Crippen molar-refractivity contribution in [3.05, 3.63) is 100 Å². The van der Waals surface area contributed by atoms with Gasteiger partial charge in [0.2, 0.25) is 0 Å². The van der Waals surface area contributed by atoms with Gasteiger partial charge in [0.1, 0.15) is 0 Å². The standard InChI is InChI=1S/C23H19IN2O3S/c1-3-29-22(28)19-14(2)25-23-26(20(19)16-7-5-4-6-8-16)21(27)18(30-23)13-15-9-11-17(24)12-10-15/h4-13,20H,3H2,1-2H3/b18-13-. The number of esters is 1. The summed E-state index contributed by atoms with van der Waals surface area (Å²) >= 11 is 3.58. The summed E-state index contributed by atoms with van der Waals surface area (Å²) in [5, 5.41) is 0. The van der Waals surface area contributed by atoms with Crippen molar-refractivity contribution in [1.29, 1.82) is 0 Å². The van der Waals surface area contributed by atoms with E-state index in [0.29, 0.717) is 20.6 Å². The molecule has 5 nitrogen and oxygen atoms in total. The van der Waals surface area contributed by atoms with Crippen molar-refractivity contribution in [2.75, 3.05) is 6.61 Å². The molecule has 1 aliphatic heterocycles. The first-order valence-electron chi connectivity index (χ1n) is 9.49. The van der Waals surface area contributed by atoms with Crippen LogP contribution in [0, 0.1) is 3.57 Å². The molecule has 4 rings (SSSR count). The minimum Gasteiger partial charge on any atom is -0.463 e. The lowest BCUT2D eigenvalue weighted by atomic mass is 9.96. The number of nitrogens with zero attached hydrogens (tertiary/aromatic N) is 2. The number of carbonyl (C=O) groups excluding carboxylic acids is 1. The molecule has 0 aliphatic carbocycles. The van der Waals surface area contributed by atoms with Crippen LogP contribution in [0.2, 0.25) is 0 Å². The summed E-state index contributed by atoms with van der Waals surface area (Å²) in [5.74, 6) is -0.445. The van der Waals surface area contributed by atoms with E-state index >= 15 is 0 Å². The van der Waals surface area contributed by atoms with Crippen LogP contribution in [-0.4, -0.2) is 17.1 Å². The highest BCUT2D eigenvalue weighted by atomic mass is 127. The summed E-state index contributed by atoms with van der Waals surface area (Å²) in [6.45, 7) is 3.81. The van der Waals surface area contributed by atoms with Gasteiger partial charge >= 0.3 is 5.97 Å².